The van der Waals surface area contributed by atoms with Crippen LogP contribution in [0.25, 0.3) is 11.4 Å². The molecule has 202 valence electrons. The molecule has 1 saturated heterocycles. The zero-order valence-corrected chi connectivity index (χ0v) is 24.5. The van der Waals surface area contributed by atoms with E-state index in [2.05, 4.69) is 56.7 Å². The molecule has 1 aliphatic rings. The average Bonchev–Trinajstić information content (AvgIpc) is 3.62. The summed E-state index contributed by atoms with van der Waals surface area (Å²) < 4.78 is 4.69. The molecule has 0 aliphatic carbocycles. The second-order valence-electron chi connectivity index (χ2n) is 9.93. The maximum atomic E-state index is 13.3. The first-order chi connectivity index (χ1) is 18.1. The highest BCUT2D eigenvalue weighted by molar-refractivity contribution is 9.10. The van der Waals surface area contributed by atoms with Crippen LogP contribution in [-0.2, 0) is 26.2 Å². The first kappa shape index (κ1) is 29.4. The van der Waals surface area contributed by atoms with Crippen LogP contribution in [0, 0.1) is 0 Å². The summed E-state index contributed by atoms with van der Waals surface area (Å²) in [6, 6.07) is 11.1. The molecule has 3 heterocycles. The smallest absolute Gasteiger partial charge is 0.292 e. The third-order valence-corrected chi connectivity index (χ3v) is 7.88. The van der Waals surface area contributed by atoms with Crippen LogP contribution in [-0.4, -0.2) is 59.4 Å². The summed E-state index contributed by atoms with van der Waals surface area (Å²) in [6.45, 7) is 8.26. The molecule has 1 aliphatic heterocycles. The molecule has 0 radical (unpaired) electrons. The molecule has 1 fully saturated rings. The van der Waals surface area contributed by atoms with Crippen LogP contribution in [0.5, 0.6) is 0 Å². The summed E-state index contributed by atoms with van der Waals surface area (Å²) >= 11 is 4.84. The quantitative estimate of drug-likeness (QED) is 0.382. The third-order valence-electron chi connectivity index (χ3n) is 5.96. The largest absolute Gasteiger partial charge is 0.471 e. The van der Waals surface area contributed by atoms with Crippen LogP contribution >= 0.6 is 27.3 Å². The third kappa shape index (κ3) is 8.19. The molecule has 8 nitrogen and oxygen atoms in total. The van der Waals surface area contributed by atoms with Gasteiger partial charge in [-0.25, -0.2) is 9.97 Å². The fraction of sp³-hybridized carbons (Fsp3) is 0.393. The summed E-state index contributed by atoms with van der Waals surface area (Å²) in [5.41, 5.74) is 1.85. The predicted molar refractivity (Wildman–Crippen MR) is 152 cm³/mol. The van der Waals surface area contributed by atoms with Crippen LogP contribution in [0.4, 0.5) is 0 Å². The van der Waals surface area contributed by atoms with Crippen molar-refractivity contribution in [3.05, 3.63) is 68.6 Å². The van der Waals surface area contributed by atoms with Crippen molar-refractivity contribution < 1.29 is 19.1 Å². The fourth-order valence-electron chi connectivity index (χ4n) is 3.94. The van der Waals surface area contributed by atoms with E-state index in [1.165, 1.54) is 18.4 Å². The second kappa shape index (κ2) is 13.6. The van der Waals surface area contributed by atoms with Gasteiger partial charge in [-0.3, -0.25) is 14.4 Å². The number of methoxy groups -OCH3 is 1. The van der Waals surface area contributed by atoms with Gasteiger partial charge in [-0.05, 0) is 51.9 Å². The summed E-state index contributed by atoms with van der Waals surface area (Å²) in [5.74, 6) is 0.428. The lowest BCUT2D eigenvalue weighted by Crippen LogP contribution is -2.48. The van der Waals surface area contributed by atoms with Gasteiger partial charge in [0.25, 0.3) is 12.4 Å². The van der Waals surface area contributed by atoms with Crippen molar-refractivity contribution in [1.29, 1.82) is 0 Å². The number of benzene rings is 1. The van der Waals surface area contributed by atoms with Crippen molar-refractivity contribution in [1.82, 2.24) is 20.2 Å². The van der Waals surface area contributed by atoms with Gasteiger partial charge in [-0.2, -0.15) is 0 Å². The summed E-state index contributed by atoms with van der Waals surface area (Å²) in [5, 5.41) is 3.03. The van der Waals surface area contributed by atoms with Crippen LogP contribution in [0.2, 0.25) is 0 Å². The van der Waals surface area contributed by atoms with Gasteiger partial charge >= 0.3 is 0 Å². The zero-order chi connectivity index (χ0) is 27.7. The van der Waals surface area contributed by atoms with Crippen LogP contribution < -0.4 is 5.32 Å². The van der Waals surface area contributed by atoms with E-state index in [1.54, 1.807) is 12.4 Å². The molecule has 38 heavy (non-hydrogen) atoms. The van der Waals surface area contributed by atoms with Gasteiger partial charge < -0.3 is 15.0 Å². The number of thiophene rings is 1. The normalized spacial score (nSPS) is 13.8. The van der Waals surface area contributed by atoms with Crippen molar-refractivity contribution in [2.75, 3.05) is 20.2 Å². The molecule has 1 N–H and O–H groups in total. The van der Waals surface area contributed by atoms with Crippen molar-refractivity contribution >= 4 is 45.6 Å². The van der Waals surface area contributed by atoms with Crippen molar-refractivity contribution in [2.45, 2.75) is 51.5 Å². The minimum absolute atomic E-state index is 0.0150. The van der Waals surface area contributed by atoms with Gasteiger partial charge in [0.05, 0.1) is 16.5 Å². The number of nitrogens with zero attached hydrogens (tertiary/aromatic N) is 3. The highest BCUT2D eigenvalue weighted by atomic mass is 79.9. The minimum Gasteiger partial charge on any atom is -0.471 e. The van der Waals surface area contributed by atoms with Gasteiger partial charge in [0.15, 0.2) is 5.82 Å². The second-order valence-corrected chi connectivity index (χ2v) is 11.9. The van der Waals surface area contributed by atoms with E-state index in [0.29, 0.717) is 23.6 Å². The maximum absolute atomic E-state index is 13.3. The van der Waals surface area contributed by atoms with Crippen molar-refractivity contribution in [3.8, 4) is 11.4 Å². The lowest BCUT2D eigenvalue weighted by atomic mass is 9.95. The average molecular weight is 602 g/mol. The molecule has 3 aromatic rings. The standard InChI is InChI=1S/C26H29BrN4O2S.C2H4O2/c1-26(2,3)22-11-10-21(34-22)24(32)30-20(25(33)31-12-4-5-13-31)14-17-6-8-18(9-7-17)23-28-15-19(27)16-29-23;1-4-2-3/h6-11,15-16,20H,4-5,12-14H2,1-3H3,(H,30,32);2H,1H3. The first-order valence-corrected chi connectivity index (χ1v) is 14.0. The maximum Gasteiger partial charge on any atom is 0.292 e. The predicted octanol–water partition coefficient (Wildman–Crippen LogP) is 5.02. The molecule has 1 unspecified atom stereocenters. The van der Waals surface area contributed by atoms with Crippen LogP contribution in [0.1, 0.15) is 53.7 Å². The Labute approximate surface area is 236 Å². The van der Waals surface area contributed by atoms with Gasteiger partial charge in [-0.1, -0.05) is 45.0 Å². The molecule has 10 heteroatoms. The van der Waals surface area contributed by atoms with E-state index in [9.17, 15) is 9.59 Å². The summed E-state index contributed by atoms with van der Waals surface area (Å²) in [6.07, 6.45) is 5.88. The number of likely N-dealkylation sites (tertiary alicyclic amines) is 1. The van der Waals surface area contributed by atoms with Crippen molar-refractivity contribution in [2.24, 2.45) is 0 Å². The number of halogens is 1. The summed E-state index contributed by atoms with van der Waals surface area (Å²) in [7, 11) is 1.31. The van der Waals surface area contributed by atoms with Gasteiger partial charge in [0.1, 0.15) is 6.04 Å². The Morgan fingerprint density at radius 1 is 1.11 bits per heavy atom. The van der Waals surface area contributed by atoms with Gasteiger partial charge in [0.2, 0.25) is 5.91 Å². The Balaban J connectivity index is 0.000000934. The number of nitrogens with one attached hydrogen (secondary N) is 1. The number of rotatable bonds is 7. The number of hydrogen-bond acceptors (Lipinski definition) is 7. The SMILES string of the molecule is CC(C)(C)c1ccc(C(=O)NC(Cc2ccc(-c3ncc(Br)cn3)cc2)C(=O)N2CCCC2)s1.COC=O. The number of carbonyl (C=O) groups excluding carboxylic acids is 3. The Kier molecular flexibility index (Phi) is 10.6. The van der Waals surface area contributed by atoms with E-state index < -0.39 is 6.04 Å². The molecule has 0 saturated carbocycles. The molecule has 2 amide bonds. The molecule has 4 rings (SSSR count). The van der Waals surface area contributed by atoms with E-state index >= 15 is 0 Å². The first-order valence-electron chi connectivity index (χ1n) is 12.4. The van der Waals surface area contributed by atoms with Gasteiger partial charge in [-0.15, -0.1) is 11.3 Å². The van der Waals surface area contributed by atoms with E-state index in [0.717, 1.165) is 46.4 Å². The lowest BCUT2D eigenvalue weighted by molar-refractivity contribution is -0.132. The zero-order valence-electron chi connectivity index (χ0n) is 22.1. The van der Waals surface area contributed by atoms with Gasteiger partial charge in [0, 0.05) is 42.3 Å². The highest BCUT2D eigenvalue weighted by Crippen LogP contribution is 2.29. The Morgan fingerprint density at radius 3 is 2.24 bits per heavy atom. The topological polar surface area (TPSA) is 101 Å². The Bertz CT molecular complexity index is 1220. The molecular weight excluding hydrogens is 568 g/mol. The van der Waals surface area contributed by atoms with E-state index in [-0.39, 0.29) is 17.2 Å². The van der Waals surface area contributed by atoms with E-state index in [4.69, 9.17) is 4.79 Å². The molecule has 2 aromatic heterocycles. The summed E-state index contributed by atoms with van der Waals surface area (Å²) in [4.78, 5) is 47.6. The number of aromatic nitrogens is 2. The minimum atomic E-state index is -0.611. The molecule has 0 bridgehead atoms. The molecule has 1 aromatic carbocycles. The Morgan fingerprint density at radius 2 is 1.71 bits per heavy atom. The molecular formula is C28H33BrN4O4S. The van der Waals surface area contributed by atoms with Crippen molar-refractivity contribution in [3.63, 3.8) is 0 Å². The molecule has 0 spiro atoms. The monoisotopic (exact) mass is 600 g/mol. The van der Waals surface area contributed by atoms with Crippen LogP contribution in [0.3, 0.4) is 0 Å². The number of amides is 2. The fourth-order valence-corrected chi connectivity index (χ4v) is 5.11. The number of carbonyl (C=O) groups is 3. The molecule has 1 atom stereocenters. The van der Waals surface area contributed by atoms with Crippen LogP contribution in [0.15, 0.2) is 53.3 Å². The number of hydrogen-bond donors (Lipinski definition) is 1. The Hall–Kier alpha value is -3.11. The van der Waals surface area contributed by atoms with E-state index in [1.807, 2.05) is 41.3 Å². The highest BCUT2D eigenvalue weighted by Gasteiger charge is 2.29. The lowest BCUT2D eigenvalue weighted by Gasteiger charge is -2.24. The number of ether oxygens (including phenoxy) is 1.